The molecule has 8 atom stereocenters. The molecule has 6 nitrogen and oxygen atoms in total. The van der Waals surface area contributed by atoms with Crippen LogP contribution in [0.25, 0.3) is 0 Å². The molecule has 5 aliphatic rings. The topological polar surface area (TPSA) is 68.4 Å². The maximum Gasteiger partial charge on any atom is 0.219 e. The summed E-state index contributed by atoms with van der Waals surface area (Å²) in [4.78, 5) is 14.4. The third-order valence-electron chi connectivity index (χ3n) is 8.92. The number of amides is 1. The molecule has 0 aromatic heterocycles. The van der Waals surface area contributed by atoms with Gasteiger partial charge in [0.15, 0.2) is 0 Å². The van der Waals surface area contributed by atoms with Gasteiger partial charge in [0.1, 0.15) is 0 Å². The molecule has 0 spiro atoms. The van der Waals surface area contributed by atoms with Crippen molar-refractivity contribution in [3.63, 3.8) is 0 Å². The smallest absolute Gasteiger partial charge is 0.219 e. The molecule has 0 aromatic carbocycles. The Bertz CT molecular complexity index is 600. The molecule has 0 bridgehead atoms. The molecule has 3 heterocycles. The second-order valence-corrected chi connectivity index (χ2v) is 10.8. The van der Waals surface area contributed by atoms with Crippen molar-refractivity contribution in [1.29, 1.82) is 0 Å². The zero-order chi connectivity index (χ0) is 20.5. The molecule has 1 amide bonds. The zero-order valence-electron chi connectivity index (χ0n) is 18.9. The molecule has 4 N–H and O–H groups in total. The molecule has 6 heteroatoms. The highest BCUT2D eigenvalue weighted by molar-refractivity contribution is 5.74. The van der Waals surface area contributed by atoms with Crippen molar-refractivity contribution in [2.24, 2.45) is 11.8 Å². The van der Waals surface area contributed by atoms with Gasteiger partial charge in [-0.15, -0.1) is 0 Å². The molecule has 2 aliphatic carbocycles. The van der Waals surface area contributed by atoms with Crippen molar-refractivity contribution < 1.29 is 4.79 Å². The number of carbonyl (C=O) groups is 1. The van der Waals surface area contributed by atoms with Crippen LogP contribution in [0, 0.1) is 11.8 Å². The van der Waals surface area contributed by atoms with E-state index in [0.717, 1.165) is 37.4 Å². The van der Waals surface area contributed by atoms with E-state index in [2.05, 4.69) is 26.2 Å². The lowest BCUT2D eigenvalue weighted by atomic mass is 9.77. The van der Waals surface area contributed by atoms with E-state index >= 15 is 0 Å². The van der Waals surface area contributed by atoms with Crippen LogP contribution in [0.2, 0.25) is 0 Å². The summed E-state index contributed by atoms with van der Waals surface area (Å²) in [7, 11) is 0. The lowest BCUT2D eigenvalue weighted by Gasteiger charge is -2.44. The van der Waals surface area contributed by atoms with Crippen molar-refractivity contribution in [2.75, 3.05) is 19.6 Å². The summed E-state index contributed by atoms with van der Waals surface area (Å²) in [5, 5.41) is 15.5. The highest BCUT2D eigenvalue weighted by atomic mass is 16.2. The van der Waals surface area contributed by atoms with Gasteiger partial charge in [-0.25, -0.2) is 0 Å². The van der Waals surface area contributed by atoms with Gasteiger partial charge in [-0.05, 0) is 89.1 Å². The Kier molecular flexibility index (Phi) is 6.66. The fourth-order valence-corrected chi connectivity index (χ4v) is 7.50. The summed E-state index contributed by atoms with van der Waals surface area (Å²) in [6, 6.07) is 2.94. The molecule has 2 saturated carbocycles. The molecule has 3 saturated heterocycles. The first-order valence-corrected chi connectivity index (χ1v) is 12.9. The van der Waals surface area contributed by atoms with Crippen LogP contribution >= 0.6 is 0 Å². The Hall–Kier alpha value is -0.690. The Morgan fingerprint density at radius 1 is 0.833 bits per heavy atom. The normalized spacial score (nSPS) is 44.4. The van der Waals surface area contributed by atoms with Crippen LogP contribution in [0.5, 0.6) is 0 Å². The standard InChI is InChI=1S/C24H43N5O/c1-16(30)29-13-10-17-4-2-6-22(24(17)29)27-20-9-12-26-23(15-20)28-19-7-8-21-18(14-19)5-3-11-25-21/h17-28H,2-15H2,1H3. The minimum Gasteiger partial charge on any atom is -0.338 e. The second kappa shape index (κ2) is 9.43. The summed E-state index contributed by atoms with van der Waals surface area (Å²) in [6.45, 7) is 5.04. The van der Waals surface area contributed by atoms with Crippen molar-refractivity contribution >= 4 is 5.91 Å². The van der Waals surface area contributed by atoms with E-state index < -0.39 is 0 Å². The Labute approximate surface area is 182 Å². The summed E-state index contributed by atoms with van der Waals surface area (Å²) < 4.78 is 0. The molecule has 0 radical (unpaired) electrons. The van der Waals surface area contributed by atoms with E-state index in [1.807, 2.05) is 0 Å². The molecule has 5 rings (SSSR count). The average Bonchev–Trinajstić information content (AvgIpc) is 3.20. The van der Waals surface area contributed by atoms with E-state index in [-0.39, 0.29) is 5.91 Å². The highest BCUT2D eigenvalue weighted by Crippen LogP contribution is 2.37. The lowest BCUT2D eigenvalue weighted by Crippen LogP contribution is -2.60. The predicted molar refractivity (Wildman–Crippen MR) is 120 cm³/mol. The van der Waals surface area contributed by atoms with Gasteiger partial charge in [0.2, 0.25) is 5.91 Å². The van der Waals surface area contributed by atoms with E-state index in [9.17, 15) is 4.79 Å². The first kappa shape index (κ1) is 21.2. The fourth-order valence-electron chi connectivity index (χ4n) is 7.50. The fraction of sp³-hybridized carbons (Fsp3) is 0.958. The van der Waals surface area contributed by atoms with Crippen molar-refractivity contribution in [3.05, 3.63) is 0 Å². The number of nitrogens with one attached hydrogen (secondary N) is 4. The highest BCUT2D eigenvalue weighted by Gasteiger charge is 2.43. The zero-order valence-corrected chi connectivity index (χ0v) is 18.9. The number of hydrogen-bond acceptors (Lipinski definition) is 5. The van der Waals surface area contributed by atoms with Gasteiger partial charge in [0, 0.05) is 43.7 Å². The van der Waals surface area contributed by atoms with Gasteiger partial charge < -0.3 is 20.9 Å². The van der Waals surface area contributed by atoms with Crippen LogP contribution < -0.4 is 21.3 Å². The molecular weight excluding hydrogens is 374 g/mol. The first-order valence-electron chi connectivity index (χ1n) is 12.9. The second-order valence-electron chi connectivity index (χ2n) is 10.8. The first-order chi connectivity index (χ1) is 14.7. The quantitative estimate of drug-likeness (QED) is 0.563. The number of likely N-dealkylation sites (tertiary alicyclic amines) is 1. The molecule has 5 fully saturated rings. The van der Waals surface area contributed by atoms with Crippen LogP contribution in [-0.2, 0) is 4.79 Å². The monoisotopic (exact) mass is 417 g/mol. The van der Waals surface area contributed by atoms with Crippen LogP contribution in [-0.4, -0.2) is 66.8 Å². The van der Waals surface area contributed by atoms with Crippen LogP contribution in [0.4, 0.5) is 0 Å². The SMILES string of the molecule is CC(=O)N1CCC2CCCC(NC3CCNC(NC4CCC5NCCCC5C4)C3)C21. The molecule has 3 aliphatic heterocycles. The van der Waals surface area contributed by atoms with E-state index in [1.54, 1.807) is 6.92 Å². The summed E-state index contributed by atoms with van der Waals surface area (Å²) in [6.07, 6.45) is 14.6. The van der Waals surface area contributed by atoms with Gasteiger partial charge in [0.05, 0.1) is 6.17 Å². The van der Waals surface area contributed by atoms with Gasteiger partial charge in [-0.3, -0.25) is 10.1 Å². The van der Waals surface area contributed by atoms with Crippen LogP contribution in [0.3, 0.4) is 0 Å². The molecular formula is C24H43N5O. The summed E-state index contributed by atoms with van der Waals surface area (Å²) in [5.74, 6) is 1.87. The van der Waals surface area contributed by atoms with Gasteiger partial charge in [-0.1, -0.05) is 6.42 Å². The van der Waals surface area contributed by atoms with Crippen LogP contribution in [0.1, 0.15) is 77.6 Å². The predicted octanol–water partition coefficient (Wildman–Crippen LogP) is 1.95. The number of carbonyl (C=O) groups excluding carboxylic acids is 1. The minimum atomic E-state index is 0.272. The Balaban J connectivity index is 1.14. The number of fused-ring (bicyclic) bond motifs is 2. The van der Waals surface area contributed by atoms with E-state index in [0.29, 0.717) is 30.3 Å². The maximum absolute atomic E-state index is 12.2. The number of piperidine rings is 2. The molecule has 8 unspecified atom stereocenters. The Morgan fingerprint density at radius 3 is 2.60 bits per heavy atom. The largest absolute Gasteiger partial charge is 0.338 e. The third kappa shape index (κ3) is 4.57. The van der Waals surface area contributed by atoms with Gasteiger partial charge in [-0.2, -0.15) is 0 Å². The molecule has 170 valence electrons. The third-order valence-corrected chi connectivity index (χ3v) is 8.92. The van der Waals surface area contributed by atoms with Crippen LogP contribution in [0.15, 0.2) is 0 Å². The van der Waals surface area contributed by atoms with E-state index in [4.69, 9.17) is 0 Å². The lowest BCUT2D eigenvalue weighted by molar-refractivity contribution is -0.131. The number of nitrogens with zero attached hydrogens (tertiary/aromatic N) is 1. The Morgan fingerprint density at radius 2 is 1.70 bits per heavy atom. The summed E-state index contributed by atoms with van der Waals surface area (Å²) >= 11 is 0. The van der Waals surface area contributed by atoms with E-state index in [1.165, 1.54) is 70.8 Å². The van der Waals surface area contributed by atoms with Crippen molar-refractivity contribution in [3.8, 4) is 0 Å². The number of rotatable bonds is 4. The van der Waals surface area contributed by atoms with Crippen molar-refractivity contribution in [1.82, 2.24) is 26.2 Å². The average molecular weight is 418 g/mol. The summed E-state index contributed by atoms with van der Waals surface area (Å²) in [5.41, 5.74) is 0. The van der Waals surface area contributed by atoms with Crippen molar-refractivity contribution in [2.45, 2.75) is 114 Å². The molecule has 30 heavy (non-hydrogen) atoms. The molecule has 0 aromatic rings. The maximum atomic E-state index is 12.2. The minimum absolute atomic E-state index is 0.272. The number of hydrogen-bond donors (Lipinski definition) is 4. The van der Waals surface area contributed by atoms with Gasteiger partial charge in [0.25, 0.3) is 0 Å². The van der Waals surface area contributed by atoms with Gasteiger partial charge >= 0.3 is 0 Å².